The second-order valence-electron chi connectivity index (χ2n) is 5.40. The summed E-state index contributed by atoms with van der Waals surface area (Å²) < 4.78 is 15.4. The van der Waals surface area contributed by atoms with Gasteiger partial charge in [0.2, 0.25) is 0 Å². The molecule has 0 spiro atoms. The molecule has 2 rings (SSSR count). The number of carbonyl (C=O) groups excluding carboxylic acids is 1. The predicted molar refractivity (Wildman–Crippen MR) is 72.2 cm³/mol. The third kappa shape index (κ3) is 2.45. The molecule has 1 aliphatic heterocycles. The van der Waals surface area contributed by atoms with Gasteiger partial charge >= 0.3 is 6.09 Å². The molecule has 0 saturated carbocycles. The lowest BCUT2D eigenvalue weighted by molar-refractivity contribution is 0.0374. The smallest absolute Gasteiger partial charge is 0.407 e. The topological polar surface area (TPSA) is 77.0 Å². The molecule has 0 radical (unpaired) electrons. The molecule has 1 amide bonds. The number of cyclic esters (lactones) is 1. The molecule has 6 heteroatoms. The summed E-state index contributed by atoms with van der Waals surface area (Å²) in [7, 11) is 3.01. The highest BCUT2D eigenvalue weighted by atomic mass is 16.6. The van der Waals surface area contributed by atoms with Crippen molar-refractivity contribution < 1.29 is 24.1 Å². The fraction of sp³-hybridized carbons (Fsp3) is 0.500. The monoisotopic (exact) mass is 281 g/mol. The Bertz CT molecular complexity index is 527. The highest BCUT2D eigenvalue weighted by Gasteiger charge is 2.41. The van der Waals surface area contributed by atoms with Crippen molar-refractivity contribution in [2.45, 2.75) is 19.9 Å². The standard InChI is InChI=1S/C14H19NO5/c1-14(2)7-20-13(17)15-12(14)11-9(16)5-8(18-3)6-10(11)19-4/h5-6,12,16H,7H2,1-4H3,(H,15,17)/t12-/m1/s1. The Labute approximate surface area is 117 Å². The largest absolute Gasteiger partial charge is 0.507 e. The van der Waals surface area contributed by atoms with E-state index in [1.165, 1.54) is 20.3 Å². The predicted octanol–water partition coefficient (Wildman–Crippen LogP) is 2.22. The molecule has 1 fully saturated rings. The van der Waals surface area contributed by atoms with Crippen LogP contribution in [-0.2, 0) is 4.74 Å². The molecule has 1 heterocycles. The molecule has 0 unspecified atom stereocenters. The zero-order valence-corrected chi connectivity index (χ0v) is 12.0. The van der Waals surface area contributed by atoms with Crippen molar-refractivity contribution in [3.8, 4) is 17.2 Å². The van der Waals surface area contributed by atoms with Crippen molar-refractivity contribution in [1.82, 2.24) is 5.32 Å². The lowest BCUT2D eigenvalue weighted by Crippen LogP contribution is -2.47. The summed E-state index contributed by atoms with van der Waals surface area (Å²) >= 11 is 0. The van der Waals surface area contributed by atoms with Crippen LogP contribution < -0.4 is 14.8 Å². The summed E-state index contributed by atoms with van der Waals surface area (Å²) in [5, 5.41) is 13.0. The lowest BCUT2D eigenvalue weighted by Gasteiger charge is -2.39. The van der Waals surface area contributed by atoms with E-state index in [0.29, 0.717) is 17.1 Å². The maximum absolute atomic E-state index is 11.5. The van der Waals surface area contributed by atoms with Crippen molar-refractivity contribution in [3.63, 3.8) is 0 Å². The summed E-state index contributed by atoms with van der Waals surface area (Å²) in [5.74, 6) is 0.961. The van der Waals surface area contributed by atoms with Crippen molar-refractivity contribution in [2.24, 2.45) is 5.41 Å². The molecule has 20 heavy (non-hydrogen) atoms. The Hall–Kier alpha value is -2.11. The number of aromatic hydroxyl groups is 1. The average molecular weight is 281 g/mol. The Kier molecular flexibility index (Phi) is 3.65. The maximum Gasteiger partial charge on any atom is 0.407 e. The normalized spacial score (nSPS) is 20.8. The van der Waals surface area contributed by atoms with Crippen LogP contribution in [0, 0.1) is 5.41 Å². The minimum atomic E-state index is -0.508. The number of rotatable bonds is 3. The molecule has 1 aromatic rings. The third-order valence-electron chi connectivity index (χ3n) is 3.46. The quantitative estimate of drug-likeness (QED) is 0.888. The molecule has 1 aliphatic rings. The molecule has 110 valence electrons. The van der Waals surface area contributed by atoms with Gasteiger partial charge in [0.15, 0.2) is 0 Å². The minimum Gasteiger partial charge on any atom is -0.507 e. The van der Waals surface area contributed by atoms with Crippen LogP contribution in [0.25, 0.3) is 0 Å². The second-order valence-corrected chi connectivity index (χ2v) is 5.40. The van der Waals surface area contributed by atoms with Crippen LogP contribution in [0.2, 0.25) is 0 Å². The average Bonchev–Trinajstić information content (AvgIpc) is 2.41. The number of phenols is 1. The van der Waals surface area contributed by atoms with Crippen LogP contribution in [0.3, 0.4) is 0 Å². The summed E-state index contributed by atoms with van der Waals surface area (Å²) in [6.07, 6.45) is -0.508. The van der Waals surface area contributed by atoms with E-state index in [0.717, 1.165) is 0 Å². The Balaban J connectivity index is 2.52. The SMILES string of the molecule is COc1cc(O)c([C@H]2NC(=O)OCC2(C)C)c(OC)c1. The van der Waals surface area contributed by atoms with Crippen LogP contribution in [0.5, 0.6) is 17.2 Å². The highest BCUT2D eigenvalue weighted by Crippen LogP contribution is 2.45. The molecular weight excluding hydrogens is 262 g/mol. The van der Waals surface area contributed by atoms with E-state index in [2.05, 4.69) is 5.32 Å². The van der Waals surface area contributed by atoms with Crippen LogP contribution in [0.15, 0.2) is 12.1 Å². The van der Waals surface area contributed by atoms with E-state index < -0.39 is 12.1 Å². The number of carbonyl (C=O) groups is 1. The summed E-state index contributed by atoms with van der Waals surface area (Å²) in [5.41, 5.74) is 0.141. The molecule has 0 aliphatic carbocycles. The summed E-state index contributed by atoms with van der Waals surface area (Å²) in [6, 6.07) is 2.76. The minimum absolute atomic E-state index is 0.0153. The number of phenolic OH excluding ortho intramolecular Hbond substituents is 1. The number of benzene rings is 1. The third-order valence-corrected chi connectivity index (χ3v) is 3.46. The zero-order valence-electron chi connectivity index (χ0n) is 12.0. The van der Waals surface area contributed by atoms with Gasteiger partial charge in [-0.15, -0.1) is 0 Å². The Morgan fingerprint density at radius 2 is 2.05 bits per heavy atom. The maximum atomic E-state index is 11.5. The van der Waals surface area contributed by atoms with Gasteiger partial charge in [-0.2, -0.15) is 0 Å². The van der Waals surface area contributed by atoms with E-state index >= 15 is 0 Å². The van der Waals surface area contributed by atoms with Crippen LogP contribution >= 0.6 is 0 Å². The highest BCUT2D eigenvalue weighted by molar-refractivity contribution is 5.70. The van der Waals surface area contributed by atoms with Gasteiger partial charge in [0.1, 0.15) is 23.9 Å². The summed E-state index contributed by atoms with van der Waals surface area (Å²) in [4.78, 5) is 11.5. The van der Waals surface area contributed by atoms with Crippen LogP contribution in [-0.4, -0.2) is 32.0 Å². The number of methoxy groups -OCH3 is 2. The number of hydrogen-bond acceptors (Lipinski definition) is 5. The van der Waals surface area contributed by atoms with E-state index in [1.54, 1.807) is 6.07 Å². The first-order chi connectivity index (χ1) is 9.39. The molecule has 0 aromatic heterocycles. The fourth-order valence-electron chi connectivity index (χ4n) is 2.32. The van der Waals surface area contributed by atoms with Crippen LogP contribution in [0.4, 0.5) is 4.79 Å². The molecule has 6 nitrogen and oxygen atoms in total. The lowest BCUT2D eigenvalue weighted by atomic mass is 9.79. The van der Waals surface area contributed by atoms with Gasteiger partial charge in [-0.3, -0.25) is 0 Å². The Morgan fingerprint density at radius 1 is 1.35 bits per heavy atom. The number of nitrogens with one attached hydrogen (secondary N) is 1. The molecule has 0 bridgehead atoms. The molecule has 1 aromatic carbocycles. The number of amides is 1. The van der Waals surface area contributed by atoms with E-state index in [-0.39, 0.29) is 17.8 Å². The van der Waals surface area contributed by atoms with Gasteiger partial charge in [0.25, 0.3) is 0 Å². The van der Waals surface area contributed by atoms with E-state index in [4.69, 9.17) is 14.2 Å². The first-order valence-corrected chi connectivity index (χ1v) is 6.27. The Morgan fingerprint density at radius 3 is 2.65 bits per heavy atom. The van der Waals surface area contributed by atoms with Gasteiger partial charge in [-0.25, -0.2) is 4.79 Å². The number of alkyl carbamates (subject to hydrolysis) is 1. The zero-order chi connectivity index (χ0) is 14.9. The molecule has 2 N–H and O–H groups in total. The van der Waals surface area contributed by atoms with Gasteiger partial charge in [-0.1, -0.05) is 13.8 Å². The van der Waals surface area contributed by atoms with Crippen molar-refractivity contribution in [3.05, 3.63) is 17.7 Å². The first kappa shape index (κ1) is 14.3. The molecule has 1 saturated heterocycles. The van der Waals surface area contributed by atoms with Crippen LogP contribution in [0.1, 0.15) is 25.5 Å². The van der Waals surface area contributed by atoms with Crippen molar-refractivity contribution >= 4 is 6.09 Å². The van der Waals surface area contributed by atoms with Gasteiger partial charge in [0, 0.05) is 17.5 Å². The van der Waals surface area contributed by atoms with E-state index in [9.17, 15) is 9.90 Å². The van der Waals surface area contributed by atoms with Gasteiger partial charge < -0.3 is 24.6 Å². The first-order valence-electron chi connectivity index (χ1n) is 6.27. The summed E-state index contributed by atoms with van der Waals surface area (Å²) in [6.45, 7) is 4.15. The number of ether oxygens (including phenoxy) is 3. The van der Waals surface area contributed by atoms with Crippen molar-refractivity contribution in [1.29, 1.82) is 0 Å². The van der Waals surface area contributed by atoms with Gasteiger partial charge in [-0.05, 0) is 0 Å². The second kappa shape index (κ2) is 5.11. The fourth-order valence-corrected chi connectivity index (χ4v) is 2.32. The van der Waals surface area contributed by atoms with E-state index in [1.807, 2.05) is 13.8 Å². The number of hydrogen-bond donors (Lipinski definition) is 2. The molecule has 1 atom stereocenters. The van der Waals surface area contributed by atoms with Gasteiger partial charge in [0.05, 0.1) is 25.8 Å². The van der Waals surface area contributed by atoms with Crippen molar-refractivity contribution in [2.75, 3.05) is 20.8 Å². The molecular formula is C14H19NO5.